The summed E-state index contributed by atoms with van der Waals surface area (Å²) in [5.41, 5.74) is 2.38. The fourth-order valence-electron chi connectivity index (χ4n) is 2.29. The van der Waals surface area contributed by atoms with Gasteiger partial charge in [0.05, 0.1) is 18.2 Å². The van der Waals surface area contributed by atoms with Crippen LogP contribution in [-0.2, 0) is 16.6 Å². The van der Waals surface area contributed by atoms with Crippen molar-refractivity contribution >= 4 is 17.9 Å². The van der Waals surface area contributed by atoms with Crippen LogP contribution in [0.4, 0.5) is 0 Å². The van der Waals surface area contributed by atoms with E-state index in [9.17, 15) is 14.4 Å². The van der Waals surface area contributed by atoms with Gasteiger partial charge >= 0.3 is 17.9 Å². The highest BCUT2D eigenvalue weighted by molar-refractivity contribution is 5.87. The molecular weight excluding hydrogens is 412 g/mol. The van der Waals surface area contributed by atoms with Gasteiger partial charge in [-0.15, -0.1) is 0 Å². The lowest BCUT2D eigenvalue weighted by Gasteiger charge is -2.18. The second kappa shape index (κ2) is 12.6. The summed E-state index contributed by atoms with van der Waals surface area (Å²) in [6, 6.07) is 16.1. The summed E-state index contributed by atoms with van der Waals surface area (Å²) in [5.74, 6) is -2.71. The zero-order valence-electron chi connectivity index (χ0n) is 18.1. The molecule has 0 unspecified atom stereocenters. The van der Waals surface area contributed by atoms with E-state index in [4.69, 9.17) is 15.3 Å². The van der Waals surface area contributed by atoms with E-state index in [1.54, 1.807) is 24.3 Å². The first kappa shape index (κ1) is 26.0. The molecule has 0 spiro atoms. The fourth-order valence-corrected chi connectivity index (χ4v) is 2.29. The lowest BCUT2D eigenvalue weighted by Crippen LogP contribution is -2.11. The summed E-state index contributed by atoms with van der Waals surface area (Å²) in [7, 11) is 0. The van der Waals surface area contributed by atoms with Gasteiger partial charge in [0, 0.05) is 12.4 Å². The number of benzene rings is 2. The van der Waals surface area contributed by atoms with Gasteiger partial charge in [-0.05, 0) is 28.7 Å². The Morgan fingerprint density at radius 1 is 0.812 bits per heavy atom. The second-order valence-electron chi connectivity index (χ2n) is 7.58. The topological polar surface area (TPSA) is 138 Å². The molecule has 0 saturated carbocycles. The summed E-state index contributed by atoms with van der Waals surface area (Å²) in [6.07, 6.45) is 4.07. The van der Waals surface area contributed by atoms with Crippen molar-refractivity contribution in [2.24, 2.45) is 0 Å². The number of carbonyl (C=O) groups is 3. The molecule has 0 aliphatic carbocycles. The smallest absolute Gasteiger partial charge is 0.356 e. The van der Waals surface area contributed by atoms with Gasteiger partial charge < -0.3 is 15.3 Å². The lowest BCUT2D eigenvalue weighted by molar-refractivity contribution is -0.136. The van der Waals surface area contributed by atoms with Gasteiger partial charge in [-0.2, -0.15) is 0 Å². The summed E-state index contributed by atoms with van der Waals surface area (Å²) in [4.78, 5) is 37.9. The van der Waals surface area contributed by atoms with Crippen molar-refractivity contribution in [3.05, 3.63) is 95.6 Å². The van der Waals surface area contributed by atoms with Crippen LogP contribution in [-0.4, -0.2) is 43.2 Å². The Morgan fingerprint density at radius 2 is 1.41 bits per heavy atom. The lowest BCUT2D eigenvalue weighted by atomic mass is 9.87. The molecule has 3 rings (SSSR count). The van der Waals surface area contributed by atoms with Gasteiger partial charge in [-0.25, -0.2) is 14.6 Å². The average molecular weight is 438 g/mol. The molecule has 8 nitrogen and oxygen atoms in total. The molecule has 0 aliphatic heterocycles. The quantitative estimate of drug-likeness (QED) is 0.552. The van der Waals surface area contributed by atoms with E-state index in [0.717, 1.165) is 11.1 Å². The molecule has 2 aromatic carbocycles. The van der Waals surface area contributed by atoms with Crippen molar-refractivity contribution in [1.82, 2.24) is 9.97 Å². The minimum Gasteiger partial charge on any atom is -0.481 e. The molecule has 3 aromatic rings. The van der Waals surface area contributed by atoms with Crippen molar-refractivity contribution in [1.29, 1.82) is 0 Å². The Kier molecular flexibility index (Phi) is 10.2. The van der Waals surface area contributed by atoms with Crippen molar-refractivity contribution in [2.45, 2.75) is 32.6 Å². The van der Waals surface area contributed by atoms with E-state index in [-0.39, 0.29) is 17.5 Å². The van der Waals surface area contributed by atoms with Gasteiger partial charge in [0.1, 0.15) is 0 Å². The third kappa shape index (κ3) is 10.1. The molecule has 8 heteroatoms. The van der Waals surface area contributed by atoms with Crippen LogP contribution < -0.4 is 0 Å². The van der Waals surface area contributed by atoms with Crippen LogP contribution in [0.25, 0.3) is 0 Å². The number of hydrogen-bond donors (Lipinski definition) is 3. The average Bonchev–Trinajstić information content (AvgIpc) is 2.75. The monoisotopic (exact) mass is 438 g/mol. The van der Waals surface area contributed by atoms with E-state index in [0.29, 0.717) is 5.56 Å². The maximum absolute atomic E-state index is 10.6. The Morgan fingerprint density at radius 3 is 1.78 bits per heavy atom. The Balaban J connectivity index is 0.000000245. The molecule has 0 aliphatic rings. The Bertz CT molecular complexity index is 998. The van der Waals surface area contributed by atoms with E-state index in [1.165, 1.54) is 18.6 Å². The number of aliphatic carboxylic acids is 1. The molecule has 0 amide bonds. The molecule has 168 valence electrons. The first-order chi connectivity index (χ1) is 15.0. The number of aromatic carboxylic acids is 2. The zero-order chi connectivity index (χ0) is 24.1. The van der Waals surface area contributed by atoms with Crippen LogP contribution in [0, 0.1) is 0 Å². The molecule has 1 aromatic heterocycles. The Labute approximate surface area is 186 Å². The summed E-state index contributed by atoms with van der Waals surface area (Å²) >= 11 is 0. The minimum atomic E-state index is -1.05. The molecule has 32 heavy (non-hydrogen) atoms. The third-order valence-corrected chi connectivity index (χ3v) is 3.98. The first-order valence-corrected chi connectivity index (χ1v) is 9.59. The molecule has 0 saturated heterocycles. The molecular formula is C24H26N2O6. The van der Waals surface area contributed by atoms with Gasteiger partial charge in [-0.3, -0.25) is 9.78 Å². The number of rotatable bonds is 4. The van der Waals surface area contributed by atoms with Crippen LogP contribution >= 0.6 is 0 Å². The zero-order valence-corrected chi connectivity index (χ0v) is 18.1. The molecule has 0 bridgehead atoms. The largest absolute Gasteiger partial charge is 0.481 e. The number of aromatic nitrogens is 2. The van der Waals surface area contributed by atoms with Crippen LogP contribution in [0.2, 0.25) is 0 Å². The van der Waals surface area contributed by atoms with Gasteiger partial charge in [0.15, 0.2) is 5.69 Å². The van der Waals surface area contributed by atoms with E-state index in [1.807, 2.05) is 30.3 Å². The van der Waals surface area contributed by atoms with Gasteiger partial charge in [0.2, 0.25) is 0 Å². The number of nitrogens with zero attached hydrogens (tertiary/aromatic N) is 2. The number of carboxylic acid groups (broad SMARTS) is 3. The van der Waals surface area contributed by atoms with Crippen LogP contribution in [0.1, 0.15) is 52.7 Å². The normalized spacial score (nSPS) is 9.97. The maximum Gasteiger partial charge on any atom is 0.356 e. The fraction of sp³-hybridized carbons (Fsp3) is 0.208. The van der Waals surface area contributed by atoms with E-state index < -0.39 is 17.9 Å². The highest BCUT2D eigenvalue weighted by atomic mass is 16.4. The minimum absolute atomic E-state index is 0.0301. The van der Waals surface area contributed by atoms with Crippen LogP contribution in [0.15, 0.2) is 73.2 Å². The second-order valence-corrected chi connectivity index (χ2v) is 7.58. The number of hydrogen-bond acceptors (Lipinski definition) is 5. The predicted molar refractivity (Wildman–Crippen MR) is 119 cm³/mol. The standard InChI is InChI=1S/C11H14O2.C8H8O2.C5H4N2O2/c1-11(2,3)9-6-4-8(5-7-9)10(12)13;9-8(10)6-7-4-2-1-3-5-7;8-5(9)4-3-6-1-2-7-4/h4-7H,1-3H3,(H,12,13);1-5H,6H2,(H,9,10);1-3H,(H,8,9). The summed E-state index contributed by atoms with van der Waals surface area (Å²) in [5, 5.41) is 25.3. The highest BCUT2D eigenvalue weighted by Crippen LogP contribution is 2.22. The summed E-state index contributed by atoms with van der Waals surface area (Å²) < 4.78 is 0. The van der Waals surface area contributed by atoms with E-state index in [2.05, 4.69) is 30.7 Å². The Hall–Kier alpha value is -4.07. The van der Waals surface area contributed by atoms with E-state index >= 15 is 0 Å². The molecule has 0 fully saturated rings. The van der Waals surface area contributed by atoms with Crippen molar-refractivity contribution < 1.29 is 29.7 Å². The predicted octanol–water partition coefficient (Wildman–Crippen LogP) is 4.17. The van der Waals surface area contributed by atoms with Crippen molar-refractivity contribution in [3.63, 3.8) is 0 Å². The first-order valence-electron chi connectivity index (χ1n) is 9.59. The maximum atomic E-state index is 10.6. The third-order valence-electron chi connectivity index (χ3n) is 3.98. The van der Waals surface area contributed by atoms with Gasteiger partial charge in [0.25, 0.3) is 0 Å². The van der Waals surface area contributed by atoms with Crippen molar-refractivity contribution in [3.8, 4) is 0 Å². The van der Waals surface area contributed by atoms with Crippen LogP contribution in [0.3, 0.4) is 0 Å². The molecule has 3 N–H and O–H groups in total. The van der Waals surface area contributed by atoms with Crippen LogP contribution in [0.5, 0.6) is 0 Å². The molecule has 1 heterocycles. The van der Waals surface area contributed by atoms with Gasteiger partial charge in [-0.1, -0.05) is 63.2 Å². The highest BCUT2D eigenvalue weighted by Gasteiger charge is 2.13. The van der Waals surface area contributed by atoms with Crippen molar-refractivity contribution in [2.75, 3.05) is 0 Å². The SMILES string of the molecule is CC(C)(C)c1ccc(C(=O)O)cc1.O=C(O)Cc1ccccc1.O=C(O)c1cnccn1. The molecule has 0 radical (unpaired) electrons. The summed E-state index contributed by atoms with van der Waals surface area (Å²) in [6.45, 7) is 6.30. The number of carboxylic acids is 3. The molecule has 0 atom stereocenters.